The van der Waals surface area contributed by atoms with Crippen molar-refractivity contribution < 1.29 is 14.6 Å². The van der Waals surface area contributed by atoms with Crippen LogP contribution in [0.25, 0.3) is 0 Å². The van der Waals surface area contributed by atoms with E-state index in [0.29, 0.717) is 24.3 Å². The maximum absolute atomic E-state index is 11.9. The van der Waals surface area contributed by atoms with E-state index in [1.54, 1.807) is 25.1 Å². The lowest BCUT2D eigenvalue weighted by atomic mass is 10.1. The Morgan fingerprint density at radius 1 is 1.47 bits per heavy atom. The molecule has 19 heavy (non-hydrogen) atoms. The minimum absolute atomic E-state index is 0.143. The number of carbonyl (C=O) groups excluding carboxylic acids is 1. The third-order valence-corrected chi connectivity index (χ3v) is 3.35. The van der Waals surface area contributed by atoms with Crippen LogP contribution in [0.5, 0.6) is 5.75 Å². The zero-order chi connectivity index (χ0) is 13.7. The van der Waals surface area contributed by atoms with Crippen molar-refractivity contribution in [2.75, 3.05) is 19.8 Å². The summed E-state index contributed by atoms with van der Waals surface area (Å²) >= 11 is 0. The van der Waals surface area contributed by atoms with E-state index >= 15 is 0 Å². The van der Waals surface area contributed by atoms with Crippen LogP contribution in [0.1, 0.15) is 35.2 Å². The molecule has 1 fully saturated rings. The fourth-order valence-electron chi connectivity index (χ4n) is 1.88. The lowest BCUT2D eigenvalue weighted by Crippen LogP contribution is -2.26. The van der Waals surface area contributed by atoms with Gasteiger partial charge in [-0.3, -0.25) is 4.79 Å². The van der Waals surface area contributed by atoms with Crippen LogP contribution >= 0.6 is 0 Å². The Kier molecular flexibility index (Phi) is 4.80. The molecule has 0 saturated heterocycles. The summed E-state index contributed by atoms with van der Waals surface area (Å²) in [5, 5.41) is 12.4. The van der Waals surface area contributed by atoms with E-state index in [9.17, 15) is 9.90 Å². The number of rotatable bonds is 7. The fraction of sp³-hybridized carbons (Fsp3) is 0.533. The molecule has 4 nitrogen and oxygen atoms in total. The predicted molar refractivity (Wildman–Crippen MR) is 73.3 cm³/mol. The van der Waals surface area contributed by atoms with E-state index in [4.69, 9.17) is 4.74 Å². The molecule has 1 aromatic rings. The second-order valence-corrected chi connectivity index (χ2v) is 5.08. The molecular weight excluding hydrogens is 242 g/mol. The summed E-state index contributed by atoms with van der Waals surface area (Å²) in [4.78, 5) is 11.9. The van der Waals surface area contributed by atoms with Crippen LogP contribution in [0.4, 0.5) is 0 Å². The molecule has 4 heteroatoms. The third-order valence-electron chi connectivity index (χ3n) is 3.35. The molecule has 1 aromatic carbocycles. The molecular formula is C15H21NO3. The van der Waals surface area contributed by atoms with Gasteiger partial charge in [-0.05, 0) is 44.2 Å². The lowest BCUT2D eigenvalue weighted by molar-refractivity contribution is 0.0936. The maximum atomic E-state index is 11.9. The molecule has 1 saturated carbocycles. The monoisotopic (exact) mass is 263 g/mol. The maximum Gasteiger partial charge on any atom is 0.251 e. The number of hydrogen-bond donors (Lipinski definition) is 2. The van der Waals surface area contributed by atoms with Crippen LogP contribution < -0.4 is 5.32 Å². The van der Waals surface area contributed by atoms with Gasteiger partial charge in [0.2, 0.25) is 0 Å². The van der Waals surface area contributed by atoms with Gasteiger partial charge in [0, 0.05) is 30.9 Å². The van der Waals surface area contributed by atoms with E-state index in [-0.39, 0.29) is 11.7 Å². The van der Waals surface area contributed by atoms with Crippen molar-refractivity contribution >= 4 is 5.91 Å². The molecule has 0 unspecified atom stereocenters. The van der Waals surface area contributed by atoms with Crippen molar-refractivity contribution in [2.45, 2.75) is 26.2 Å². The van der Waals surface area contributed by atoms with Crippen LogP contribution in [0.15, 0.2) is 18.2 Å². The van der Waals surface area contributed by atoms with E-state index in [1.807, 2.05) is 0 Å². The Bertz CT molecular complexity index is 441. The first-order valence-corrected chi connectivity index (χ1v) is 6.83. The first-order chi connectivity index (χ1) is 9.18. The number of phenols is 1. The fourth-order valence-corrected chi connectivity index (χ4v) is 1.88. The first-order valence-electron chi connectivity index (χ1n) is 6.83. The van der Waals surface area contributed by atoms with E-state index < -0.39 is 0 Å². The van der Waals surface area contributed by atoms with Gasteiger partial charge in [0.15, 0.2) is 0 Å². The number of hydrogen-bond acceptors (Lipinski definition) is 3. The number of aromatic hydroxyl groups is 1. The largest absolute Gasteiger partial charge is 0.508 e. The summed E-state index contributed by atoms with van der Waals surface area (Å²) < 4.78 is 5.50. The van der Waals surface area contributed by atoms with Crippen LogP contribution in [-0.4, -0.2) is 30.8 Å². The molecule has 104 valence electrons. The number of carbonyl (C=O) groups is 1. The highest BCUT2D eigenvalue weighted by Gasteiger charge is 2.20. The molecule has 1 aliphatic rings. The molecule has 0 bridgehead atoms. The van der Waals surface area contributed by atoms with Gasteiger partial charge in [-0.2, -0.15) is 0 Å². The summed E-state index contributed by atoms with van der Waals surface area (Å²) in [6, 6.07) is 4.97. The average molecular weight is 263 g/mol. The highest BCUT2D eigenvalue weighted by atomic mass is 16.5. The van der Waals surface area contributed by atoms with Gasteiger partial charge in [-0.1, -0.05) is 6.07 Å². The van der Waals surface area contributed by atoms with Crippen molar-refractivity contribution in [3.8, 4) is 5.75 Å². The van der Waals surface area contributed by atoms with Crippen molar-refractivity contribution in [3.05, 3.63) is 29.3 Å². The second kappa shape index (κ2) is 6.57. The van der Waals surface area contributed by atoms with Gasteiger partial charge in [0.05, 0.1) is 0 Å². The SMILES string of the molecule is Cc1c(O)cccc1C(=O)NCCCOCC1CC1. The predicted octanol–water partition coefficient (Wildman–Crippen LogP) is 2.25. The number of amides is 1. The van der Waals surface area contributed by atoms with Gasteiger partial charge in [-0.25, -0.2) is 0 Å². The Hall–Kier alpha value is -1.55. The Labute approximate surface area is 113 Å². The topological polar surface area (TPSA) is 58.6 Å². The van der Waals surface area contributed by atoms with Gasteiger partial charge in [-0.15, -0.1) is 0 Å². The Morgan fingerprint density at radius 3 is 3.00 bits per heavy atom. The lowest BCUT2D eigenvalue weighted by Gasteiger charge is -2.09. The van der Waals surface area contributed by atoms with Crippen LogP contribution in [0, 0.1) is 12.8 Å². The number of ether oxygens (including phenoxy) is 1. The minimum Gasteiger partial charge on any atom is -0.508 e. The molecule has 1 amide bonds. The van der Waals surface area contributed by atoms with Crippen LogP contribution in [0.2, 0.25) is 0 Å². The summed E-state index contributed by atoms with van der Waals surface area (Å²) in [6.45, 7) is 3.89. The molecule has 2 rings (SSSR count). The highest BCUT2D eigenvalue weighted by Crippen LogP contribution is 2.28. The number of phenolic OH excluding ortho intramolecular Hbond substituents is 1. The van der Waals surface area contributed by atoms with E-state index in [1.165, 1.54) is 12.8 Å². The zero-order valence-electron chi connectivity index (χ0n) is 11.3. The first kappa shape index (κ1) is 13.9. The standard InChI is InChI=1S/C15H21NO3/c1-11-13(4-2-5-14(11)17)15(18)16-8-3-9-19-10-12-6-7-12/h2,4-5,12,17H,3,6-10H2,1H3,(H,16,18). The third kappa shape index (κ3) is 4.24. The van der Waals surface area contributed by atoms with Crippen molar-refractivity contribution in [1.82, 2.24) is 5.32 Å². The van der Waals surface area contributed by atoms with Gasteiger partial charge >= 0.3 is 0 Å². The summed E-state index contributed by atoms with van der Waals surface area (Å²) in [5.74, 6) is 0.792. The summed E-state index contributed by atoms with van der Waals surface area (Å²) in [5.41, 5.74) is 1.14. The quantitative estimate of drug-likeness (QED) is 0.742. The average Bonchev–Trinajstić information content (AvgIpc) is 3.20. The van der Waals surface area contributed by atoms with E-state index in [0.717, 1.165) is 18.9 Å². The van der Waals surface area contributed by atoms with Gasteiger partial charge in [0.25, 0.3) is 5.91 Å². The normalized spacial score (nSPS) is 14.4. The smallest absolute Gasteiger partial charge is 0.251 e. The molecule has 1 aliphatic carbocycles. The molecule has 0 aromatic heterocycles. The highest BCUT2D eigenvalue weighted by molar-refractivity contribution is 5.96. The van der Waals surface area contributed by atoms with Crippen molar-refractivity contribution in [2.24, 2.45) is 5.92 Å². The van der Waals surface area contributed by atoms with Crippen molar-refractivity contribution in [1.29, 1.82) is 0 Å². The minimum atomic E-state index is -0.143. The van der Waals surface area contributed by atoms with Crippen molar-refractivity contribution in [3.63, 3.8) is 0 Å². The Morgan fingerprint density at radius 2 is 2.26 bits per heavy atom. The number of nitrogens with one attached hydrogen (secondary N) is 1. The molecule has 0 atom stereocenters. The molecule has 0 spiro atoms. The molecule has 0 heterocycles. The Balaban J connectivity index is 1.67. The molecule has 2 N–H and O–H groups in total. The number of benzene rings is 1. The van der Waals surface area contributed by atoms with E-state index in [2.05, 4.69) is 5.32 Å². The summed E-state index contributed by atoms with van der Waals surface area (Å²) in [6.07, 6.45) is 3.41. The van der Waals surface area contributed by atoms with Gasteiger partial charge < -0.3 is 15.2 Å². The summed E-state index contributed by atoms with van der Waals surface area (Å²) in [7, 11) is 0. The molecule has 0 aliphatic heterocycles. The molecule has 0 radical (unpaired) electrons. The van der Waals surface area contributed by atoms with Gasteiger partial charge in [0.1, 0.15) is 5.75 Å². The zero-order valence-corrected chi connectivity index (χ0v) is 11.3. The second-order valence-electron chi connectivity index (χ2n) is 5.08. The van der Waals surface area contributed by atoms with Crippen LogP contribution in [0.3, 0.4) is 0 Å². The van der Waals surface area contributed by atoms with Crippen LogP contribution in [-0.2, 0) is 4.74 Å².